The number of piperidine rings is 1. The van der Waals surface area contributed by atoms with E-state index < -0.39 is 12.0 Å². The molecule has 0 aromatic carbocycles. The first-order valence-electron chi connectivity index (χ1n) is 7.77. The largest absolute Gasteiger partial charge is 0.480 e. The molecule has 2 aliphatic heterocycles. The van der Waals surface area contributed by atoms with Gasteiger partial charge in [0.25, 0.3) is 0 Å². The molecule has 6 heteroatoms. The van der Waals surface area contributed by atoms with Crippen LogP contribution in [0.1, 0.15) is 33.6 Å². The number of aliphatic carboxylic acids is 1. The fourth-order valence-corrected chi connectivity index (χ4v) is 3.29. The Morgan fingerprint density at radius 2 is 1.81 bits per heavy atom. The molecule has 4 unspecified atom stereocenters. The van der Waals surface area contributed by atoms with E-state index in [0.717, 1.165) is 6.42 Å². The van der Waals surface area contributed by atoms with Crippen molar-refractivity contribution in [2.24, 2.45) is 5.92 Å². The number of amides is 1. The normalized spacial score (nSPS) is 34.7. The first kappa shape index (κ1) is 16.2. The number of rotatable bonds is 3. The van der Waals surface area contributed by atoms with E-state index in [1.165, 1.54) is 0 Å². The molecule has 4 atom stereocenters. The van der Waals surface area contributed by atoms with E-state index in [2.05, 4.69) is 6.92 Å². The minimum absolute atomic E-state index is 0.0119. The van der Waals surface area contributed by atoms with E-state index in [0.29, 0.717) is 32.0 Å². The van der Waals surface area contributed by atoms with E-state index in [9.17, 15) is 14.7 Å². The van der Waals surface area contributed by atoms with Gasteiger partial charge in [-0.3, -0.25) is 14.5 Å². The second-order valence-electron chi connectivity index (χ2n) is 6.51. The molecule has 0 radical (unpaired) electrons. The van der Waals surface area contributed by atoms with Crippen LogP contribution in [-0.4, -0.2) is 71.2 Å². The molecule has 0 aliphatic carbocycles. The summed E-state index contributed by atoms with van der Waals surface area (Å²) in [7, 11) is 0. The average molecular weight is 298 g/mol. The van der Waals surface area contributed by atoms with Crippen molar-refractivity contribution in [2.45, 2.75) is 51.9 Å². The summed E-state index contributed by atoms with van der Waals surface area (Å²) in [6, 6.07) is -0.534. The summed E-state index contributed by atoms with van der Waals surface area (Å²) >= 11 is 0. The van der Waals surface area contributed by atoms with Gasteiger partial charge in [0.1, 0.15) is 6.04 Å². The summed E-state index contributed by atoms with van der Waals surface area (Å²) in [5, 5.41) is 9.35. The topological polar surface area (TPSA) is 70.1 Å². The Kier molecular flexibility index (Phi) is 5.22. The standard InChI is InChI=1S/C15H26N2O4/c1-10-4-5-16(13(6-10)15(19)20)9-14(18)17-7-11(2)21-12(3)8-17/h10-13H,4-9H2,1-3H3,(H,19,20). The predicted molar refractivity (Wildman–Crippen MR) is 78.0 cm³/mol. The lowest BCUT2D eigenvalue weighted by Crippen LogP contribution is -2.54. The minimum atomic E-state index is -0.821. The molecule has 1 N–H and O–H groups in total. The van der Waals surface area contributed by atoms with Crippen molar-refractivity contribution in [3.8, 4) is 0 Å². The number of morpholine rings is 1. The molecule has 0 aromatic heterocycles. The van der Waals surface area contributed by atoms with E-state index in [1.54, 1.807) is 4.90 Å². The third-order valence-corrected chi connectivity index (χ3v) is 4.37. The summed E-state index contributed by atoms with van der Waals surface area (Å²) in [5.74, 6) is -0.406. The lowest BCUT2D eigenvalue weighted by atomic mass is 9.92. The number of carboxylic acid groups (broad SMARTS) is 1. The van der Waals surface area contributed by atoms with Crippen LogP contribution < -0.4 is 0 Å². The zero-order valence-electron chi connectivity index (χ0n) is 13.1. The summed E-state index contributed by atoms with van der Waals surface area (Å²) < 4.78 is 5.63. The maximum atomic E-state index is 12.4. The third-order valence-electron chi connectivity index (χ3n) is 4.37. The molecule has 0 bridgehead atoms. The first-order valence-corrected chi connectivity index (χ1v) is 7.77. The van der Waals surface area contributed by atoms with Gasteiger partial charge in [0.2, 0.25) is 5.91 Å². The lowest BCUT2D eigenvalue weighted by Gasteiger charge is -2.39. The Morgan fingerprint density at radius 3 is 2.38 bits per heavy atom. The van der Waals surface area contributed by atoms with Crippen molar-refractivity contribution < 1.29 is 19.4 Å². The van der Waals surface area contributed by atoms with Gasteiger partial charge < -0.3 is 14.7 Å². The number of hydrogen-bond donors (Lipinski definition) is 1. The summed E-state index contributed by atoms with van der Waals surface area (Å²) in [5.41, 5.74) is 0. The van der Waals surface area contributed by atoms with E-state index in [-0.39, 0.29) is 24.7 Å². The molecule has 0 saturated carbocycles. The van der Waals surface area contributed by atoms with Crippen LogP contribution in [-0.2, 0) is 14.3 Å². The Hall–Kier alpha value is -1.14. The molecule has 2 fully saturated rings. The Bertz CT molecular complexity index is 391. The van der Waals surface area contributed by atoms with Crippen molar-refractivity contribution in [3.05, 3.63) is 0 Å². The molecular formula is C15H26N2O4. The van der Waals surface area contributed by atoms with Crippen LogP contribution in [0.4, 0.5) is 0 Å². The van der Waals surface area contributed by atoms with Gasteiger partial charge in [0.05, 0.1) is 18.8 Å². The molecular weight excluding hydrogens is 272 g/mol. The van der Waals surface area contributed by atoms with Gasteiger partial charge >= 0.3 is 5.97 Å². The highest BCUT2D eigenvalue weighted by atomic mass is 16.5. The summed E-state index contributed by atoms with van der Waals surface area (Å²) in [4.78, 5) is 27.4. The van der Waals surface area contributed by atoms with Gasteiger partial charge in [-0.05, 0) is 39.2 Å². The van der Waals surface area contributed by atoms with Crippen LogP contribution in [0.25, 0.3) is 0 Å². The Balaban J connectivity index is 1.96. The Labute approximate surface area is 126 Å². The maximum Gasteiger partial charge on any atom is 0.320 e. The van der Waals surface area contributed by atoms with E-state index >= 15 is 0 Å². The molecule has 120 valence electrons. The second kappa shape index (κ2) is 6.75. The van der Waals surface area contributed by atoms with E-state index in [1.807, 2.05) is 18.7 Å². The van der Waals surface area contributed by atoms with Crippen LogP contribution in [0, 0.1) is 5.92 Å². The van der Waals surface area contributed by atoms with Gasteiger partial charge in [0.15, 0.2) is 0 Å². The van der Waals surface area contributed by atoms with Crippen LogP contribution in [0.2, 0.25) is 0 Å². The fourth-order valence-electron chi connectivity index (χ4n) is 3.29. The van der Waals surface area contributed by atoms with Crippen LogP contribution in [0.3, 0.4) is 0 Å². The van der Waals surface area contributed by atoms with Crippen molar-refractivity contribution in [3.63, 3.8) is 0 Å². The molecule has 2 aliphatic rings. The molecule has 6 nitrogen and oxygen atoms in total. The van der Waals surface area contributed by atoms with Gasteiger partial charge in [-0.2, -0.15) is 0 Å². The van der Waals surface area contributed by atoms with Gasteiger partial charge in [-0.15, -0.1) is 0 Å². The number of nitrogens with zero attached hydrogens (tertiary/aromatic N) is 2. The number of carbonyl (C=O) groups is 2. The predicted octanol–water partition coefficient (Wildman–Crippen LogP) is 0.807. The molecule has 21 heavy (non-hydrogen) atoms. The number of likely N-dealkylation sites (tertiary alicyclic amines) is 1. The molecule has 0 spiro atoms. The van der Waals surface area contributed by atoms with Gasteiger partial charge in [-0.25, -0.2) is 0 Å². The van der Waals surface area contributed by atoms with E-state index in [4.69, 9.17) is 4.74 Å². The van der Waals surface area contributed by atoms with Gasteiger partial charge in [0, 0.05) is 13.1 Å². The molecule has 2 heterocycles. The molecule has 2 saturated heterocycles. The zero-order valence-corrected chi connectivity index (χ0v) is 13.1. The number of carboxylic acids is 1. The monoisotopic (exact) mass is 298 g/mol. The van der Waals surface area contributed by atoms with Crippen molar-refractivity contribution in [1.29, 1.82) is 0 Å². The summed E-state index contributed by atoms with van der Waals surface area (Å²) in [6.45, 7) is 8.04. The van der Waals surface area contributed by atoms with Crippen LogP contribution >= 0.6 is 0 Å². The third kappa shape index (κ3) is 4.17. The molecule has 1 amide bonds. The fraction of sp³-hybridized carbons (Fsp3) is 0.867. The van der Waals surface area contributed by atoms with Crippen LogP contribution in [0.15, 0.2) is 0 Å². The van der Waals surface area contributed by atoms with Crippen molar-refractivity contribution >= 4 is 11.9 Å². The zero-order chi connectivity index (χ0) is 15.6. The lowest BCUT2D eigenvalue weighted by molar-refractivity contribution is -0.150. The number of carbonyl (C=O) groups excluding carboxylic acids is 1. The molecule has 2 rings (SSSR count). The van der Waals surface area contributed by atoms with Crippen LogP contribution in [0.5, 0.6) is 0 Å². The van der Waals surface area contributed by atoms with Crippen molar-refractivity contribution in [2.75, 3.05) is 26.2 Å². The second-order valence-corrected chi connectivity index (χ2v) is 6.51. The SMILES string of the molecule is CC1CCN(CC(=O)N2CC(C)OC(C)C2)C(C(=O)O)C1. The highest BCUT2D eigenvalue weighted by molar-refractivity contribution is 5.80. The molecule has 0 aromatic rings. The maximum absolute atomic E-state index is 12.4. The average Bonchev–Trinajstić information content (AvgIpc) is 2.39. The first-order chi connectivity index (χ1) is 9.86. The quantitative estimate of drug-likeness (QED) is 0.835. The Morgan fingerprint density at radius 1 is 1.19 bits per heavy atom. The minimum Gasteiger partial charge on any atom is -0.480 e. The highest BCUT2D eigenvalue weighted by Gasteiger charge is 2.34. The summed E-state index contributed by atoms with van der Waals surface area (Å²) in [6.07, 6.45) is 1.65. The smallest absolute Gasteiger partial charge is 0.320 e. The highest BCUT2D eigenvalue weighted by Crippen LogP contribution is 2.23. The number of ether oxygens (including phenoxy) is 1. The van der Waals surface area contributed by atoms with Gasteiger partial charge in [-0.1, -0.05) is 6.92 Å². The van der Waals surface area contributed by atoms with Crippen molar-refractivity contribution in [1.82, 2.24) is 9.80 Å². The number of hydrogen-bond acceptors (Lipinski definition) is 4.